The molecule has 0 spiro atoms. The molecule has 0 saturated carbocycles. The third-order valence-corrected chi connectivity index (χ3v) is 3.79. The van der Waals surface area contributed by atoms with E-state index in [-0.39, 0.29) is 12.1 Å². The third-order valence-electron chi connectivity index (χ3n) is 3.06. The van der Waals surface area contributed by atoms with Crippen LogP contribution in [0.4, 0.5) is 0 Å². The Labute approximate surface area is 117 Å². The Kier molecular flexibility index (Phi) is 4.57. The van der Waals surface area contributed by atoms with Crippen LogP contribution in [-0.2, 0) is 6.42 Å². The number of hydrazine groups is 1. The molecule has 5 nitrogen and oxygen atoms in total. The number of thiophene rings is 1. The number of methoxy groups -OCH3 is 1. The maximum atomic E-state index is 5.73. The number of hydrogen-bond donors (Lipinski definition) is 2. The number of ether oxygens (including phenoxy) is 1. The van der Waals surface area contributed by atoms with Crippen LogP contribution < -0.4 is 16.0 Å². The average molecular weight is 280 g/mol. The normalized spacial score (nSPS) is 12.9. The summed E-state index contributed by atoms with van der Waals surface area (Å²) >= 11 is 1.69. The summed E-state index contributed by atoms with van der Waals surface area (Å²) in [4.78, 5) is 0. The van der Waals surface area contributed by atoms with Crippen molar-refractivity contribution >= 4 is 11.3 Å². The predicted octanol–water partition coefficient (Wildman–Crippen LogP) is 2.28. The van der Waals surface area contributed by atoms with Crippen LogP contribution in [-0.4, -0.2) is 16.9 Å². The molecule has 104 valence electrons. The molecular weight excluding hydrogens is 260 g/mol. The second kappa shape index (κ2) is 6.18. The first-order valence-electron chi connectivity index (χ1n) is 6.26. The van der Waals surface area contributed by atoms with Crippen molar-refractivity contribution in [2.24, 2.45) is 5.84 Å². The van der Waals surface area contributed by atoms with Crippen molar-refractivity contribution in [2.75, 3.05) is 7.11 Å². The fourth-order valence-electron chi connectivity index (χ4n) is 2.14. The van der Waals surface area contributed by atoms with Crippen LogP contribution in [0, 0.1) is 0 Å². The molecule has 1 atom stereocenters. The second-order valence-electron chi connectivity index (χ2n) is 4.69. The number of nitrogens with zero attached hydrogens (tertiary/aromatic N) is 2. The van der Waals surface area contributed by atoms with Crippen LogP contribution in [0.2, 0.25) is 0 Å². The standard InChI is InChI=1S/C13H20N4OS/c1-9(2)17-13(12(18-3)7-15-17)11(16-14)6-10-4-5-19-8-10/h4-5,7-9,11,16H,6,14H2,1-3H3. The van der Waals surface area contributed by atoms with E-state index in [0.29, 0.717) is 0 Å². The third kappa shape index (κ3) is 2.97. The molecule has 0 aliphatic carbocycles. The summed E-state index contributed by atoms with van der Waals surface area (Å²) < 4.78 is 7.36. The molecule has 0 bridgehead atoms. The Morgan fingerprint density at radius 2 is 2.32 bits per heavy atom. The molecule has 0 radical (unpaired) electrons. The van der Waals surface area contributed by atoms with Gasteiger partial charge in [-0.3, -0.25) is 16.0 Å². The van der Waals surface area contributed by atoms with Gasteiger partial charge in [0, 0.05) is 6.04 Å². The van der Waals surface area contributed by atoms with E-state index in [9.17, 15) is 0 Å². The number of nitrogens with one attached hydrogen (secondary N) is 1. The van der Waals surface area contributed by atoms with Gasteiger partial charge < -0.3 is 4.74 Å². The first-order chi connectivity index (χ1) is 9.17. The number of rotatable bonds is 6. The van der Waals surface area contributed by atoms with Gasteiger partial charge in [0.25, 0.3) is 0 Å². The van der Waals surface area contributed by atoms with Gasteiger partial charge in [0.05, 0.1) is 25.0 Å². The summed E-state index contributed by atoms with van der Waals surface area (Å²) in [6, 6.07) is 2.35. The van der Waals surface area contributed by atoms with E-state index in [0.717, 1.165) is 17.9 Å². The molecule has 0 saturated heterocycles. The van der Waals surface area contributed by atoms with Crippen LogP contribution in [0.3, 0.4) is 0 Å². The summed E-state index contributed by atoms with van der Waals surface area (Å²) in [5.41, 5.74) is 5.12. The lowest BCUT2D eigenvalue weighted by atomic mass is 10.1. The minimum Gasteiger partial charge on any atom is -0.493 e. The zero-order valence-corrected chi connectivity index (χ0v) is 12.3. The molecule has 2 aromatic heterocycles. The Hall–Kier alpha value is -1.37. The number of nitrogens with two attached hydrogens (primary N) is 1. The molecule has 0 fully saturated rings. The van der Waals surface area contributed by atoms with Gasteiger partial charge in [0.15, 0.2) is 5.75 Å². The minimum absolute atomic E-state index is 0.0190. The molecule has 2 heterocycles. The lowest BCUT2D eigenvalue weighted by molar-refractivity contribution is 0.384. The summed E-state index contributed by atoms with van der Waals surface area (Å²) in [6.07, 6.45) is 2.56. The molecule has 2 aromatic rings. The molecule has 0 aromatic carbocycles. The molecule has 6 heteroatoms. The molecule has 0 amide bonds. The maximum Gasteiger partial charge on any atom is 0.161 e. The fraction of sp³-hybridized carbons (Fsp3) is 0.462. The van der Waals surface area contributed by atoms with Crippen LogP contribution in [0.15, 0.2) is 23.0 Å². The van der Waals surface area contributed by atoms with Crippen molar-refractivity contribution in [3.8, 4) is 5.75 Å². The smallest absolute Gasteiger partial charge is 0.161 e. The lowest BCUT2D eigenvalue weighted by Gasteiger charge is -2.20. The molecule has 2 rings (SSSR count). The number of hydrogen-bond acceptors (Lipinski definition) is 5. The van der Waals surface area contributed by atoms with Gasteiger partial charge in [-0.25, -0.2) is 0 Å². The van der Waals surface area contributed by atoms with E-state index in [1.54, 1.807) is 24.6 Å². The van der Waals surface area contributed by atoms with Crippen LogP contribution in [0.1, 0.15) is 37.2 Å². The Balaban J connectivity index is 2.33. The molecule has 0 aliphatic heterocycles. The first-order valence-corrected chi connectivity index (χ1v) is 7.20. The monoisotopic (exact) mass is 280 g/mol. The van der Waals surface area contributed by atoms with Crippen LogP contribution in [0.5, 0.6) is 5.75 Å². The zero-order valence-electron chi connectivity index (χ0n) is 11.5. The van der Waals surface area contributed by atoms with Crippen LogP contribution >= 0.6 is 11.3 Å². The highest BCUT2D eigenvalue weighted by Crippen LogP contribution is 2.29. The minimum atomic E-state index is -0.0190. The SMILES string of the molecule is COc1cnn(C(C)C)c1C(Cc1ccsc1)NN. The van der Waals surface area contributed by atoms with Crippen molar-refractivity contribution in [1.29, 1.82) is 0 Å². The Morgan fingerprint density at radius 3 is 2.84 bits per heavy atom. The highest BCUT2D eigenvalue weighted by Gasteiger charge is 2.22. The van der Waals surface area contributed by atoms with Crippen molar-refractivity contribution in [3.63, 3.8) is 0 Å². The van der Waals surface area contributed by atoms with E-state index in [1.807, 2.05) is 4.68 Å². The van der Waals surface area contributed by atoms with Crippen molar-refractivity contribution in [1.82, 2.24) is 15.2 Å². The highest BCUT2D eigenvalue weighted by atomic mass is 32.1. The van der Waals surface area contributed by atoms with E-state index in [4.69, 9.17) is 10.6 Å². The Morgan fingerprint density at radius 1 is 1.53 bits per heavy atom. The maximum absolute atomic E-state index is 5.73. The molecule has 19 heavy (non-hydrogen) atoms. The average Bonchev–Trinajstić information content (AvgIpc) is 3.04. The van der Waals surface area contributed by atoms with Crippen molar-refractivity contribution < 1.29 is 4.74 Å². The van der Waals surface area contributed by atoms with Gasteiger partial charge in [-0.1, -0.05) is 0 Å². The highest BCUT2D eigenvalue weighted by molar-refractivity contribution is 7.07. The lowest BCUT2D eigenvalue weighted by Crippen LogP contribution is -2.32. The van der Waals surface area contributed by atoms with Crippen LogP contribution in [0.25, 0.3) is 0 Å². The largest absolute Gasteiger partial charge is 0.493 e. The quantitative estimate of drug-likeness (QED) is 0.629. The van der Waals surface area contributed by atoms with Gasteiger partial charge in [-0.2, -0.15) is 16.4 Å². The molecule has 1 unspecified atom stereocenters. The molecule has 0 aliphatic rings. The van der Waals surface area contributed by atoms with Crippen molar-refractivity contribution in [3.05, 3.63) is 34.3 Å². The Bertz CT molecular complexity index is 507. The first kappa shape index (κ1) is 14.0. The molecule has 3 N–H and O–H groups in total. The second-order valence-corrected chi connectivity index (χ2v) is 5.47. The molecular formula is C13H20N4OS. The van der Waals surface area contributed by atoms with Gasteiger partial charge in [-0.05, 0) is 42.7 Å². The van der Waals surface area contributed by atoms with Gasteiger partial charge in [0.2, 0.25) is 0 Å². The zero-order chi connectivity index (χ0) is 13.8. The van der Waals surface area contributed by atoms with Gasteiger partial charge >= 0.3 is 0 Å². The topological polar surface area (TPSA) is 65.1 Å². The predicted molar refractivity (Wildman–Crippen MR) is 77.3 cm³/mol. The van der Waals surface area contributed by atoms with E-state index in [1.165, 1.54) is 5.56 Å². The van der Waals surface area contributed by atoms with E-state index < -0.39 is 0 Å². The summed E-state index contributed by atoms with van der Waals surface area (Å²) in [7, 11) is 1.66. The van der Waals surface area contributed by atoms with E-state index >= 15 is 0 Å². The summed E-state index contributed by atoms with van der Waals surface area (Å²) in [5.74, 6) is 6.50. The number of aromatic nitrogens is 2. The summed E-state index contributed by atoms with van der Waals surface area (Å²) in [5, 5.41) is 8.58. The van der Waals surface area contributed by atoms with Gasteiger partial charge in [0.1, 0.15) is 0 Å². The fourth-order valence-corrected chi connectivity index (χ4v) is 2.82. The summed E-state index contributed by atoms with van der Waals surface area (Å²) in [6.45, 7) is 4.18. The van der Waals surface area contributed by atoms with E-state index in [2.05, 4.69) is 41.2 Å². The van der Waals surface area contributed by atoms with Crippen molar-refractivity contribution in [2.45, 2.75) is 32.4 Å². The van der Waals surface area contributed by atoms with Gasteiger partial charge in [-0.15, -0.1) is 0 Å².